The van der Waals surface area contributed by atoms with Crippen molar-refractivity contribution >= 4 is 24.3 Å². The van der Waals surface area contributed by atoms with Gasteiger partial charge in [0.2, 0.25) is 5.78 Å². The Bertz CT molecular complexity index is 137. The van der Waals surface area contributed by atoms with E-state index in [9.17, 15) is 9.59 Å². The predicted octanol–water partition coefficient (Wildman–Crippen LogP) is -1.70. The summed E-state index contributed by atoms with van der Waals surface area (Å²) in [5.74, 6) is -1.64. The molecule has 1 amide bonds. The summed E-state index contributed by atoms with van der Waals surface area (Å²) >= 11 is 3.70. The van der Waals surface area contributed by atoms with E-state index in [1.807, 2.05) is 0 Å². The third-order valence-electron chi connectivity index (χ3n) is 0.776. The van der Waals surface area contributed by atoms with Crippen molar-refractivity contribution in [3.63, 3.8) is 0 Å². The highest BCUT2D eigenvalue weighted by molar-refractivity contribution is 7.80. The summed E-state index contributed by atoms with van der Waals surface area (Å²) in [4.78, 5) is 20.5. The van der Waals surface area contributed by atoms with Crippen LogP contribution >= 0.6 is 12.6 Å². The van der Waals surface area contributed by atoms with E-state index in [-0.39, 0.29) is 5.75 Å². The van der Waals surface area contributed by atoms with E-state index in [1.54, 1.807) is 0 Å². The van der Waals surface area contributed by atoms with Crippen LogP contribution in [0.3, 0.4) is 0 Å². The third kappa shape index (κ3) is 2.48. The number of Topliss-reactive ketones (excluding diaryl/α,β-unsaturated/α-hetero) is 1. The first-order valence-electron chi connectivity index (χ1n) is 2.29. The number of amides is 1. The molecule has 9 heavy (non-hydrogen) atoms. The molecule has 0 saturated carbocycles. The Balaban J connectivity index is 3.88. The Morgan fingerprint density at radius 1 is 1.56 bits per heavy atom. The van der Waals surface area contributed by atoms with E-state index in [0.717, 1.165) is 0 Å². The van der Waals surface area contributed by atoms with Crippen LogP contribution in [-0.2, 0) is 9.59 Å². The van der Waals surface area contributed by atoms with Gasteiger partial charge in [0.05, 0.1) is 6.04 Å². The van der Waals surface area contributed by atoms with Gasteiger partial charge in [0.25, 0.3) is 5.91 Å². The number of ketones is 1. The van der Waals surface area contributed by atoms with Crippen LogP contribution < -0.4 is 11.5 Å². The fourth-order valence-electron chi connectivity index (χ4n) is 0.266. The lowest BCUT2D eigenvalue weighted by Gasteiger charge is -2.00. The minimum atomic E-state index is -1.00. The fraction of sp³-hybridized carbons (Fsp3) is 0.500. The molecule has 4 nitrogen and oxygen atoms in total. The molecular weight excluding hydrogens is 140 g/mol. The van der Waals surface area contributed by atoms with Crippen LogP contribution in [0.2, 0.25) is 0 Å². The predicted molar refractivity (Wildman–Crippen MR) is 36.0 cm³/mol. The van der Waals surface area contributed by atoms with Crippen molar-refractivity contribution in [2.75, 3.05) is 5.75 Å². The molecule has 1 unspecified atom stereocenters. The van der Waals surface area contributed by atoms with Crippen molar-refractivity contribution in [1.29, 1.82) is 0 Å². The number of nitrogens with two attached hydrogens (primary N) is 2. The average molecular weight is 148 g/mol. The molecular formula is C4H8N2O2S. The fourth-order valence-corrected chi connectivity index (χ4v) is 0.431. The Morgan fingerprint density at radius 2 is 2.00 bits per heavy atom. The quantitative estimate of drug-likeness (QED) is 0.329. The van der Waals surface area contributed by atoms with E-state index in [4.69, 9.17) is 5.73 Å². The lowest BCUT2D eigenvalue weighted by Crippen LogP contribution is -2.40. The number of carbonyl (C=O) groups is 2. The minimum Gasteiger partial charge on any atom is -0.363 e. The minimum absolute atomic E-state index is 0.141. The number of hydrogen-bond donors (Lipinski definition) is 3. The maximum absolute atomic E-state index is 10.4. The highest BCUT2D eigenvalue weighted by Gasteiger charge is 2.16. The van der Waals surface area contributed by atoms with Crippen LogP contribution in [0, 0.1) is 0 Å². The largest absolute Gasteiger partial charge is 0.363 e. The molecule has 0 aromatic rings. The second-order valence-electron chi connectivity index (χ2n) is 1.52. The molecule has 0 bridgehead atoms. The number of carbonyl (C=O) groups excluding carboxylic acids is 2. The van der Waals surface area contributed by atoms with E-state index in [2.05, 4.69) is 18.4 Å². The molecule has 0 aliphatic carbocycles. The zero-order valence-electron chi connectivity index (χ0n) is 4.70. The third-order valence-corrected chi connectivity index (χ3v) is 1.17. The summed E-state index contributed by atoms with van der Waals surface area (Å²) in [7, 11) is 0. The van der Waals surface area contributed by atoms with Gasteiger partial charge in [-0.2, -0.15) is 12.6 Å². The lowest BCUT2D eigenvalue weighted by atomic mass is 10.2. The highest BCUT2D eigenvalue weighted by Crippen LogP contribution is 1.83. The van der Waals surface area contributed by atoms with Gasteiger partial charge in [-0.25, -0.2) is 0 Å². The van der Waals surface area contributed by atoms with Gasteiger partial charge in [-0.05, 0) is 0 Å². The summed E-state index contributed by atoms with van der Waals surface area (Å²) < 4.78 is 0. The Labute approximate surface area is 58.0 Å². The molecule has 0 fully saturated rings. The van der Waals surface area contributed by atoms with Gasteiger partial charge in [-0.15, -0.1) is 0 Å². The van der Waals surface area contributed by atoms with Crippen molar-refractivity contribution < 1.29 is 9.59 Å². The van der Waals surface area contributed by atoms with Crippen molar-refractivity contribution in [3.05, 3.63) is 0 Å². The first kappa shape index (κ1) is 8.45. The van der Waals surface area contributed by atoms with Crippen LogP contribution in [0.4, 0.5) is 0 Å². The zero-order valence-corrected chi connectivity index (χ0v) is 5.60. The van der Waals surface area contributed by atoms with Gasteiger partial charge in [-0.3, -0.25) is 9.59 Å². The first-order valence-corrected chi connectivity index (χ1v) is 2.93. The molecule has 4 N–H and O–H groups in total. The molecule has 0 aromatic heterocycles. The van der Waals surface area contributed by atoms with Crippen molar-refractivity contribution in [2.45, 2.75) is 6.04 Å². The molecule has 0 spiro atoms. The highest BCUT2D eigenvalue weighted by atomic mass is 32.1. The Kier molecular flexibility index (Phi) is 3.26. The Hall–Kier alpha value is -0.550. The summed E-state index contributed by atoms with van der Waals surface area (Å²) in [6.45, 7) is 0. The summed E-state index contributed by atoms with van der Waals surface area (Å²) in [5.41, 5.74) is 9.70. The van der Waals surface area contributed by atoms with Crippen LogP contribution in [0.1, 0.15) is 0 Å². The van der Waals surface area contributed by atoms with Crippen molar-refractivity contribution in [3.8, 4) is 0 Å². The summed E-state index contributed by atoms with van der Waals surface area (Å²) in [5, 5.41) is 0. The Morgan fingerprint density at radius 3 is 2.11 bits per heavy atom. The maximum Gasteiger partial charge on any atom is 0.286 e. The molecule has 0 radical (unpaired) electrons. The monoisotopic (exact) mass is 148 g/mol. The standard InChI is InChI=1S/C4H8N2O2S/c5-2(1-9)3(7)4(6)8/h2,9H,1,5H2,(H2,6,8). The first-order chi connectivity index (χ1) is 4.09. The molecule has 1 atom stereocenters. The van der Waals surface area contributed by atoms with E-state index in [1.165, 1.54) is 0 Å². The molecule has 5 heteroatoms. The second kappa shape index (κ2) is 3.47. The van der Waals surface area contributed by atoms with Gasteiger partial charge < -0.3 is 11.5 Å². The van der Waals surface area contributed by atoms with Crippen molar-refractivity contribution in [1.82, 2.24) is 0 Å². The van der Waals surface area contributed by atoms with Crippen molar-refractivity contribution in [2.24, 2.45) is 11.5 Å². The van der Waals surface area contributed by atoms with Crippen LogP contribution in [0.15, 0.2) is 0 Å². The average Bonchev–Trinajstić information content (AvgIpc) is 1.84. The van der Waals surface area contributed by atoms with E-state index in [0.29, 0.717) is 0 Å². The number of hydrogen-bond acceptors (Lipinski definition) is 4. The molecule has 0 heterocycles. The zero-order chi connectivity index (χ0) is 7.44. The molecule has 0 rings (SSSR count). The normalized spacial score (nSPS) is 12.7. The van der Waals surface area contributed by atoms with E-state index >= 15 is 0 Å². The summed E-state index contributed by atoms with van der Waals surface area (Å²) in [6, 6.07) is -0.856. The number of thiol groups is 1. The number of rotatable bonds is 3. The van der Waals surface area contributed by atoms with Gasteiger partial charge in [0.1, 0.15) is 0 Å². The van der Waals surface area contributed by atoms with Gasteiger partial charge in [0, 0.05) is 5.75 Å². The molecule has 0 saturated heterocycles. The lowest BCUT2D eigenvalue weighted by molar-refractivity contribution is -0.136. The number of primary amides is 1. The maximum atomic E-state index is 10.4. The van der Waals surface area contributed by atoms with Gasteiger partial charge >= 0.3 is 0 Å². The molecule has 0 aliphatic heterocycles. The van der Waals surface area contributed by atoms with Gasteiger partial charge in [-0.1, -0.05) is 0 Å². The van der Waals surface area contributed by atoms with Crippen LogP contribution in [-0.4, -0.2) is 23.5 Å². The SMILES string of the molecule is NC(=O)C(=O)C(N)CS. The smallest absolute Gasteiger partial charge is 0.286 e. The molecule has 52 valence electrons. The molecule has 0 aromatic carbocycles. The van der Waals surface area contributed by atoms with E-state index < -0.39 is 17.7 Å². The van der Waals surface area contributed by atoms with Gasteiger partial charge in [0.15, 0.2) is 0 Å². The topological polar surface area (TPSA) is 86.2 Å². The van der Waals surface area contributed by atoms with Crippen LogP contribution in [0.5, 0.6) is 0 Å². The van der Waals surface area contributed by atoms with Crippen LogP contribution in [0.25, 0.3) is 0 Å². The second-order valence-corrected chi connectivity index (χ2v) is 1.88. The summed E-state index contributed by atoms with van der Waals surface area (Å²) in [6.07, 6.45) is 0. The molecule has 0 aliphatic rings.